The summed E-state index contributed by atoms with van der Waals surface area (Å²) in [6, 6.07) is 22.2. The molecule has 7 nitrogen and oxygen atoms in total. The second-order valence-electron chi connectivity index (χ2n) is 8.26. The number of rotatable bonds is 9. The predicted molar refractivity (Wildman–Crippen MR) is 145 cm³/mol. The van der Waals surface area contributed by atoms with E-state index in [0.717, 1.165) is 16.7 Å². The van der Waals surface area contributed by atoms with Crippen molar-refractivity contribution in [3.05, 3.63) is 95.1 Å². The number of anilines is 2. The fraction of sp³-hybridized carbons (Fsp3) is 0.214. The van der Waals surface area contributed by atoms with Crippen LogP contribution < -0.4 is 16.0 Å². The van der Waals surface area contributed by atoms with E-state index < -0.39 is 11.9 Å². The van der Waals surface area contributed by atoms with Crippen molar-refractivity contribution in [1.29, 1.82) is 0 Å². The molecule has 3 rings (SSSR count). The van der Waals surface area contributed by atoms with Crippen LogP contribution in [0, 0.1) is 13.8 Å². The average molecular weight is 504 g/mol. The number of carbonyl (C=O) groups is 3. The Balaban J connectivity index is 1.46. The van der Waals surface area contributed by atoms with Gasteiger partial charge in [-0.1, -0.05) is 48.5 Å². The van der Waals surface area contributed by atoms with Gasteiger partial charge >= 0.3 is 5.97 Å². The molecule has 0 aliphatic rings. The fourth-order valence-corrected chi connectivity index (χ4v) is 3.59. The molecule has 8 heteroatoms. The first-order chi connectivity index (χ1) is 17.3. The minimum atomic E-state index is -0.451. The third-order valence-corrected chi connectivity index (χ3v) is 5.69. The summed E-state index contributed by atoms with van der Waals surface area (Å²) in [6.07, 6.45) is 0.488. The van der Waals surface area contributed by atoms with Crippen LogP contribution in [0.1, 0.15) is 39.9 Å². The predicted octanol–water partition coefficient (Wildman–Crippen LogP) is 4.93. The number of hydrogen-bond acceptors (Lipinski definition) is 5. The molecule has 0 aromatic heterocycles. The van der Waals surface area contributed by atoms with Crippen LogP contribution in [0.5, 0.6) is 0 Å². The molecule has 3 aromatic rings. The number of para-hydroxylation sites is 1. The highest BCUT2D eigenvalue weighted by molar-refractivity contribution is 7.80. The second kappa shape index (κ2) is 13.2. The maximum atomic E-state index is 12.9. The molecule has 3 aromatic carbocycles. The van der Waals surface area contributed by atoms with E-state index in [4.69, 9.17) is 17.0 Å². The number of ether oxygens (including phenoxy) is 1. The first kappa shape index (κ1) is 26.6. The van der Waals surface area contributed by atoms with Gasteiger partial charge in [0.1, 0.15) is 0 Å². The number of hydrogen-bond donors (Lipinski definition) is 3. The first-order valence-corrected chi connectivity index (χ1v) is 12.0. The van der Waals surface area contributed by atoms with Crippen molar-refractivity contribution in [2.75, 3.05) is 17.2 Å². The van der Waals surface area contributed by atoms with Gasteiger partial charge in [0.05, 0.1) is 24.3 Å². The van der Waals surface area contributed by atoms with Gasteiger partial charge in [0.2, 0.25) is 5.91 Å². The molecule has 0 spiro atoms. The number of aryl methyl sites for hydroxylation is 2. The Morgan fingerprint density at radius 2 is 1.56 bits per heavy atom. The lowest BCUT2D eigenvalue weighted by Crippen LogP contribution is -2.34. The average Bonchev–Trinajstić information content (AvgIpc) is 2.86. The van der Waals surface area contributed by atoms with E-state index in [1.54, 1.807) is 24.3 Å². The van der Waals surface area contributed by atoms with Crippen molar-refractivity contribution in [3.63, 3.8) is 0 Å². The van der Waals surface area contributed by atoms with Crippen molar-refractivity contribution in [1.82, 2.24) is 5.32 Å². The number of carbonyl (C=O) groups excluding carboxylic acids is 3. The lowest BCUT2D eigenvalue weighted by Gasteiger charge is -2.14. The van der Waals surface area contributed by atoms with Crippen LogP contribution in [-0.2, 0) is 20.7 Å². The van der Waals surface area contributed by atoms with Crippen molar-refractivity contribution in [2.24, 2.45) is 0 Å². The SMILES string of the molecule is Cc1ccc(NC(=O)c2ccccc2NC(=S)NC(=O)CCC(=O)OCCc2ccccc2)cc1C. The minimum absolute atomic E-state index is 0.0314. The number of amides is 2. The molecule has 0 saturated heterocycles. The van der Waals surface area contributed by atoms with Crippen LogP contribution in [-0.4, -0.2) is 29.5 Å². The Hall–Kier alpha value is -4.04. The molecule has 3 N–H and O–H groups in total. The summed E-state index contributed by atoms with van der Waals surface area (Å²) in [7, 11) is 0. The van der Waals surface area contributed by atoms with E-state index in [-0.39, 0.29) is 30.5 Å². The zero-order chi connectivity index (χ0) is 25.9. The van der Waals surface area contributed by atoms with Gasteiger partial charge in [-0.05, 0) is 67.0 Å². The topological polar surface area (TPSA) is 96.5 Å². The van der Waals surface area contributed by atoms with Crippen LogP contribution in [0.25, 0.3) is 0 Å². The molecule has 0 aliphatic carbocycles. The normalized spacial score (nSPS) is 10.3. The van der Waals surface area contributed by atoms with Crippen LogP contribution in [0.4, 0.5) is 11.4 Å². The molecule has 0 radical (unpaired) electrons. The number of benzene rings is 3. The van der Waals surface area contributed by atoms with Crippen LogP contribution in [0.3, 0.4) is 0 Å². The number of thiocarbonyl (C=S) groups is 1. The third kappa shape index (κ3) is 8.32. The maximum absolute atomic E-state index is 12.9. The summed E-state index contributed by atoms with van der Waals surface area (Å²) in [5.74, 6) is -1.19. The van der Waals surface area contributed by atoms with Crippen molar-refractivity contribution in [3.8, 4) is 0 Å². The largest absolute Gasteiger partial charge is 0.465 e. The summed E-state index contributed by atoms with van der Waals surface area (Å²) in [4.78, 5) is 37.0. The monoisotopic (exact) mass is 503 g/mol. The van der Waals surface area contributed by atoms with Gasteiger partial charge in [-0.2, -0.15) is 0 Å². The van der Waals surface area contributed by atoms with E-state index in [1.807, 2.05) is 62.4 Å². The quantitative estimate of drug-likeness (QED) is 0.283. The summed E-state index contributed by atoms with van der Waals surface area (Å²) in [5.41, 5.74) is 4.78. The molecule has 2 amide bonds. The molecule has 36 heavy (non-hydrogen) atoms. The van der Waals surface area contributed by atoms with Crippen molar-refractivity contribution in [2.45, 2.75) is 33.1 Å². The van der Waals surface area contributed by atoms with Crippen LogP contribution in [0.15, 0.2) is 72.8 Å². The van der Waals surface area contributed by atoms with E-state index >= 15 is 0 Å². The van der Waals surface area contributed by atoms with E-state index in [1.165, 1.54) is 0 Å². The first-order valence-electron chi connectivity index (χ1n) is 11.6. The fourth-order valence-electron chi connectivity index (χ4n) is 3.37. The van der Waals surface area contributed by atoms with Gasteiger partial charge in [-0.25, -0.2) is 0 Å². The van der Waals surface area contributed by atoms with Gasteiger partial charge < -0.3 is 20.7 Å². The Bertz CT molecular complexity index is 1240. The van der Waals surface area contributed by atoms with Gasteiger partial charge in [0, 0.05) is 18.5 Å². The molecule has 0 unspecified atom stereocenters. The zero-order valence-corrected chi connectivity index (χ0v) is 21.1. The molecular weight excluding hydrogens is 474 g/mol. The lowest BCUT2D eigenvalue weighted by atomic mass is 10.1. The second-order valence-corrected chi connectivity index (χ2v) is 8.67. The minimum Gasteiger partial charge on any atom is -0.465 e. The standard InChI is InChI=1S/C28H29N3O4S/c1-19-12-13-22(18-20(19)2)29-27(34)23-10-6-7-11-24(23)30-28(36)31-25(32)14-15-26(33)35-17-16-21-8-4-3-5-9-21/h3-13,18H,14-17H2,1-2H3,(H,29,34)(H2,30,31,32,36). The molecule has 0 fully saturated rings. The molecule has 0 heterocycles. The number of esters is 1. The summed E-state index contributed by atoms with van der Waals surface area (Å²) < 4.78 is 5.19. The Kier molecular flexibility index (Phi) is 9.71. The molecule has 0 atom stereocenters. The summed E-state index contributed by atoms with van der Waals surface area (Å²) in [5, 5.41) is 8.34. The van der Waals surface area contributed by atoms with Crippen LogP contribution in [0.2, 0.25) is 0 Å². The smallest absolute Gasteiger partial charge is 0.306 e. The highest BCUT2D eigenvalue weighted by Gasteiger charge is 2.14. The van der Waals surface area contributed by atoms with Crippen LogP contribution >= 0.6 is 12.2 Å². The number of nitrogens with one attached hydrogen (secondary N) is 3. The molecule has 0 bridgehead atoms. The summed E-state index contributed by atoms with van der Waals surface area (Å²) >= 11 is 5.23. The lowest BCUT2D eigenvalue weighted by molar-refractivity contribution is -0.144. The maximum Gasteiger partial charge on any atom is 0.306 e. The van der Waals surface area contributed by atoms with E-state index in [0.29, 0.717) is 23.4 Å². The molecule has 0 aliphatic heterocycles. The van der Waals surface area contributed by atoms with Gasteiger partial charge in [0.15, 0.2) is 5.11 Å². The van der Waals surface area contributed by atoms with Gasteiger partial charge in [-0.3, -0.25) is 14.4 Å². The Morgan fingerprint density at radius 3 is 2.31 bits per heavy atom. The van der Waals surface area contributed by atoms with Crippen molar-refractivity contribution >= 4 is 46.5 Å². The van der Waals surface area contributed by atoms with Crippen molar-refractivity contribution < 1.29 is 19.1 Å². The Labute approximate surface area is 216 Å². The van der Waals surface area contributed by atoms with Gasteiger partial charge in [0.25, 0.3) is 5.91 Å². The highest BCUT2D eigenvalue weighted by Crippen LogP contribution is 2.19. The third-order valence-electron chi connectivity index (χ3n) is 5.49. The van der Waals surface area contributed by atoms with E-state index in [9.17, 15) is 14.4 Å². The Morgan fingerprint density at radius 1 is 0.833 bits per heavy atom. The summed E-state index contributed by atoms with van der Waals surface area (Å²) in [6.45, 7) is 4.24. The molecule has 186 valence electrons. The highest BCUT2D eigenvalue weighted by atomic mass is 32.1. The van der Waals surface area contributed by atoms with Gasteiger partial charge in [-0.15, -0.1) is 0 Å². The molecular formula is C28H29N3O4S. The molecule has 0 saturated carbocycles. The zero-order valence-electron chi connectivity index (χ0n) is 20.3. The van der Waals surface area contributed by atoms with E-state index in [2.05, 4.69) is 16.0 Å².